The van der Waals surface area contributed by atoms with Gasteiger partial charge in [-0.05, 0) is 42.5 Å². The van der Waals surface area contributed by atoms with Crippen molar-refractivity contribution in [1.29, 1.82) is 0 Å². The predicted molar refractivity (Wildman–Crippen MR) is 58.7 cm³/mol. The molecule has 0 saturated heterocycles. The van der Waals surface area contributed by atoms with Gasteiger partial charge < -0.3 is 5.11 Å². The van der Waals surface area contributed by atoms with Gasteiger partial charge in [-0.2, -0.15) is 0 Å². The first-order valence-electron chi connectivity index (χ1n) is 5.08. The number of aliphatic hydroxyl groups is 1. The Morgan fingerprint density at radius 1 is 1.60 bits per heavy atom. The predicted octanol–water partition coefficient (Wildman–Crippen LogP) is 3.06. The summed E-state index contributed by atoms with van der Waals surface area (Å²) in [6.07, 6.45) is 0.881. The minimum Gasteiger partial charge on any atom is -0.395 e. The van der Waals surface area contributed by atoms with E-state index in [9.17, 15) is 9.50 Å². The second-order valence-electron chi connectivity index (χ2n) is 4.50. The van der Waals surface area contributed by atoms with E-state index in [0.29, 0.717) is 16.5 Å². The summed E-state index contributed by atoms with van der Waals surface area (Å²) in [6.45, 7) is 3.77. The second kappa shape index (κ2) is 3.46. The number of halogens is 2. The summed E-state index contributed by atoms with van der Waals surface area (Å²) in [5.41, 5.74) is 0.999. The number of aryl methyl sites for hydroxylation is 1. The molecule has 1 saturated carbocycles. The maximum absolute atomic E-state index is 13.4. The molecule has 0 amide bonds. The van der Waals surface area contributed by atoms with Gasteiger partial charge in [0.05, 0.1) is 6.61 Å². The Balaban J connectivity index is 2.49. The fourth-order valence-corrected chi connectivity index (χ4v) is 2.60. The van der Waals surface area contributed by atoms with E-state index in [0.717, 1.165) is 12.0 Å². The number of hydrogen-bond acceptors (Lipinski definition) is 1. The molecule has 15 heavy (non-hydrogen) atoms. The van der Waals surface area contributed by atoms with Crippen molar-refractivity contribution in [3.05, 3.63) is 34.1 Å². The van der Waals surface area contributed by atoms with Gasteiger partial charge in [0.2, 0.25) is 0 Å². The quantitative estimate of drug-likeness (QED) is 0.825. The molecule has 0 heterocycles. The van der Waals surface area contributed by atoms with Crippen molar-refractivity contribution in [2.75, 3.05) is 6.61 Å². The molecular formula is C12H14ClFO. The van der Waals surface area contributed by atoms with E-state index in [1.165, 1.54) is 6.07 Å². The number of hydrogen-bond donors (Lipinski definition) is 1. The summed E-state index contributed by atoms with van der Waals surface area (Å²) in [7, 11) is 0. The summed E-state index contributed by atoms with van der Waals surface area (Å²) in [5.74, 6) is 0.128. The number of benzene rings is 1. The number of rotatable bonds is 2. The standard InChI is InChI=1S/C12H14ClFO/c1-7-3-10(13)9(4-11(7)14)12(6-15)5-8(12)2/h3-4,8,15H,5-6H2,1-2H3. The zero-order chi connectivity index (χ0) is 11.2. The third kappa shape index (κ3) is 1.56. The molecule has 1 fully saturated rings. The highest BCUT2D eigenvalue weighted by Crippen LogP contribution is 2.55. The Kier molecular flexibility index (Phi) is 2.52. The molecular weight excluding hydrogens is 215 g/mol. The fourth-order valence-electron chi connectivity index (χ4n) is 2.20. The van der Waals surface area contributed by atoms with Crippen LogP contribution in [0.1, 0.15) is 24.5 Å². The minimum atomic E-state index is -0.300. The molecule has 2 rings (SSSR count). The van der Waals surface area contributed by atoms with E-state index in [1.54, 1.807) is 13.0 Å². The van der Waals surface area contributed by atoms with Crippen molar-refractivity contribution < 1.29 is 9.50 Å². The van der Waals surface area contributed by atoms with Crippen LogP contribution in [0.25, 0.3) is 0 Å². The van der Waals surface area contributed by atoms with Gasteiger partial charge in [-0.1, -0.05) is 18.5 Å². The SMILES string of the molecule is Cc1cc(Cl)c(C2(CO)CC2C)cc1F. The smallest absolute Gasteiger partial charge is 0.126 e. The number of aliphatic hydroxyl groups excluding tert-OH is 1. The summed E-state index contributed by atoms with van der Waals surface area (Å²) < 4.78 is 13.4. The third-order valence-electron chi connectivity index (χ3n) is 3.52. The average molecular weight is 229 g/mol. The normalized spacial score (nSPS) is 29.3. The largest absolute Gasteiger partial charge is 0.395 e. The van der Waals surface area contributed by atoms with E-state index in [1.807, 2.05) is 6.92 Å². The van der Waals surface area contributed by atoms with E-state index >= 15 is 0 Å². The molecule has 1 N–H and O–H groups in total. The van der Waals surface area contributed by atoms with Crippen LogP contribution in [0.5, 0.6) is 0 Å². The third-order valence-corrected chi connectivity index (χ3v) is 3.83. The van der Waals surface area contributed by atoms with Gasteiger partial charge in [0, 0.05) is 10.4 Å². The van der Waals surface area contributed by atoms with Crippen molar-refractivity contribution in [2.45, 2.75) is 25.7 Å². The Hall–Kier alpha value is -0.600. The summed E-state index contributed by atoms with van der Waals surface area (Å²) in [6, 6.07) is 3.10. The molecule has 1 aromatic carbocycles. The van der Waals surface area contributed by atoms with Crippen LogP contribution in [0.4, 0.5) is 4.39 Å². The molecule has 0 aliphatic heterocycles. The zero-order valence-corrected chi connectivity index (χ0v) is 9.61. The van der Waals surface area contributed by atoms with Crippen LogP contribution in [0.15, 0.2) is 12.1 Å². The lowest BCUT2D eigenvalue weighted by Crippen LogP contribution is -2.16. The molecule has 0 aromatic heterocycles. The van der Waals surface area contributed by atoms with Crippen molar-refractivity contribution in [3.63, 3.8) is 0 Å². The maximum Gasteiger partial charge on any atom is 0.126 e. The van der Waals surface area contributed by atoms with Gasteiger partial charge in [0.15, 0.2) is 0 Å². The lowest BCUT2D eigenvalue weighted by Gasteiger charge is -2.16. The maximum atomic E-state index is 13.4. The van der Waals surface area contributed by atoms with Crippen molar-refractivity contribution in [2.24, 2.45) is 5.92 Å². The highest BCUT2D eigenvalue weighted by atomic mass is 35.5. The molecule has 1 nitrogen and oxygen atoms in total. The molecule has 1 aliphatic rings. The van der Waals surface area contributed by atoms with Crippen LogP contribution < -0.4 is 0 Å². The molecule has 1 aromatic rings. The van der Waals surface area contributed by atoms with Crippen LogP contribution in [0, 0.1) is 18.7 Å². The molecule has 82 valence electrons. The van der Waals surface area contributed by atoms with Crippen LogP contribution in [0.2, 0.25) is 5.02 Å². The van der Waals surface area contributed by atoms with E-state index in [2.05, 4.69) is 0 Å². The summed E-state index contributed by atoms with van der Waals surface area (Å²) in [5, 5.41) is 9.95. The molecule has 2 unspecified atom stereocenters. The van der Waals surface area contributed by atoms with E-state index in [-0.39, 0.29) is 17.8 Å². The lowest BCUT2D eigenvalue weighted by molar-refractivity contribution is 0.247. The van der Waals surface area contributed by atoms with Gasteiger partial charge in [-0.25, -0.2) is 4.39 Å². The molecule has 0 bridgehead atoms. The lowest BCUT2D eigenvalue weighted by atomic mass is 9.93. The highest BCUT2D eigenvalue weighted by molar-refractivity contribution is 6.31. The van der Waals surface area contributed by atoms with Crippen LogP contribution >= 0.6 is 11.6 Å². The van der Waals surface area contributed by atoms with Crippen LogP contribution in [-0.2, 0) is 5.41 Å². The monoisotopic (exact) mass is 228 g/mol. The molecule has 3 heteroatoms. The first-order valence-corrected chi connectivity index (χ1v) is 5.46. The van der Waals surface area contributed by atoms with Crippen LogP contribution in [0.3, 0.4) is 0 Å². The molecule has 2 atom stereocenters. The van der Waals surface area contributed by atoms with Crippen molar-refractivity contribution in [1.82, 2.24) is 0 Å². The van der Waals surface area contributed by atoms with Gasteiger partial charge in [-0.15, -0.1) is 0 Å². The van der Waals surface area contributed by atoms with E-state index in [4.69, 9.17) is 11.6 Å². The minimum absolute atomic E-state index is 0.0381. The van der Waals surface area contributed by atoms with E-state index < -0.39 is 0 Å². The van der Waals surface area contributed by atoms with Crippen molar-refractivity contribution in [3.8, 4) is 0 Å². The Bertz CT molecular complexity index is 401. The first-order chi connectivity index (χ1) is 7.01. The van der Waals surface area contributed by atoms with Crippen LogP contribution in [-0.4, -0.2) is 11.7 Å². The zero-order valence-electron chi connectivity index (χ0n) is 8.85. The second-order valence-corrected chi connectivity index (χ2v) is 4.91. The summed E-state index contributed by atoms with van der Waals surface area (Å²) in [4.78, 5) is 0. The Labute approximate surface area is 93.9 Å². The Morgan fingerprint density at radius 3 is 2.67 bits per heavy atom. The van der Waals surface area contributed by atoms with Gasteiger partial charge in [0.1, 0.15) is 5.82 Å². The average Bonchev–Trinajstić information content (AvgIpc) is 2.84. The molecule has 1 aliphatic carbocycles. The molecule has 0 radical (unpaired) electrons. The topological polar surface area (TPSA) is 20.2 Å². The molecule has 0 spiro atoms. The first kappa shape index (κ1) is 10.9. The van der Waals surface area contributed by atoms with Gasteiger partial charge in [-0.3, -0.25) is 0 Å². The van der Waals surface area contributed by atoms with Gasteiger partial charge >= 0.3 is 0 Å². The Morgan fingerprint density at radius 2 is 2.20 bits per heavy atom. The highest BCUT2D eigenvalue weighted by Gasteiger charge is 2.53. The van der Waals surface area contributed by atoms with Gasteiger partial charge in [0.25, 0.3) is 0 Å². The fraction of sp³-hybridized carbons (Fsp3) is 0.500. The summed E-state index contributed by atoms with van der Waals surface area (Å²) >= 11 is 6.09. The van der Waals surface area contributed by atoms with Crippen molar-refractivity contribution >= 4 is 11.6 Å².